The van der Waals surface area contributed by atoms with Crippen LogP contribution in [0, 0.1) is 0 Å². The highest BCUT2D eigenvalue weighted by molar-refractivity contribution is 9.10. The molecule has 0 aliphatic carbocycles. The van der Waals surface area contributed by atoms with Crippen molar-refractivity contribution in [2.75, 3.05) is 11.9 Å². The number of thioether (sulfide) groups is 1. The number of fused-ring (bicyclic) bond motifs is 1. The summed E-state index contributed by atoms with van der Waals surface area (Å²) in [6.07, 6.45) is 1.71. The lowest BCUT2D eigenvalue weighted by atomic mass is 9.87. The first-order valence-electron chi connectivity index (χ1n) is 15.0. The number of rotatable bonds is 11. The molecule has 0 amide bonds. The molecule has 0 spiro atoms. The third-order valence-electron chi connectivity index (χ3n) is 7.58. The van der Waals surface area contributed by atoms with Crippen LogP contribution in [-0.4, -0.2) is 27.3 Å². The summed E-state index contributed by atoms with van der Waals surface area (Å²) >= 11 is 11.5. The van der Waals surface area contributed by atoms with Crippen molar-refractivity contribution in [3.8, 4) is 5.75 Å². The standard InChI is InChI=1S/C35H38BrClN4O3S/c1-6-7-18-43-32(42)30-22(2)38-33-39-34(45-21-24-10-8-9-11-28(24)37)40-41(33)31(30)27-19-26(36)16-17-29(27)44-20-23-12-14-25(15-13-23)35(3,4)5/h8-17,19,31H,6-7,18,20-21H2,1-5H3,(H,38,39,40). The Labute approximate surface area is 282 Å². The lowest BCUT2D eigenvalue weighted by Gasteiger charge is -2.29. The van der Waals surface area contributed by atoms with Crippen LogP contribution in [0.4, 0.5) is 5.95 Å². The summed E-state index contributed by atoms with van der Waals surface area (Å²) in [5.41, 5.74) is 5.27. The Balaban J connectivity index is 1.50. The highest BCUT2D eigenvalue weighted by Crippen LogP contribution is 2.42. The lowest BCUT2D eigenvalue weighted by molar-refractivity contribution is -0.139. The number of esters is 1. The first-order valence-corrected chi connectivity index (χ1v) is 17.2. The number of nitrogens with one attached hydrogen (secondary N) is 1. The van der Waals surface area contributed by atoms with Crippen molar-refractivity contribution in [3.63, 3.8) is 0 Å². The molecule has 2 heterocycles. The number of aromatic nitrogens is 3. The van der Waals surface area contributed by atoms with E-state index in [1.54, 1.807) is 4.68 Å². The van der Waals surface area contributed by atoms with Crippen molar-refractivity contribution in [3.05, 3.63) is 110 Å². The Hall–Kier alpha value is -3.27. The Morgan fingerprint density at radius 2 is 1.87 bits per heavy atom. The van der Waals surface area contributed by atoms with E-state index >= 15 is 0 Å². The van der Waals surface area contributed by atoms with Gasteiger partial charge in [0.15, 0.2) is 0 Å². The minimum Gasteiger partial charge on any atom is -0.489 e. The van der Waals surface area contributed by atoms with Gasteiger partial charge in [0.1, 0.15) is 18.4 Å². The summed E-state index contributed by atoms with van der Waals surface area (Å²) < 4.78 is 14.8. The molecule has 236 valence electrons. The van der Waals surface area contributed by atoms with E-state index in [0.29, 0.717) is 52.1 Å². The third kappa shape index (κ3) is 7.94. The highest BCUT2D eigenvalue weighted by Gasteiger charge is 2.37. The van der Waals surface area contributed by atoms with Gasteiger partial charge >= 0.3 is 5.97 Å². The summed E-state index contributed by atoms with van der Waals surface area (Å²) in [6, 6.07) is 21.4. The van der Waals surface area contributed by atoms with Gasteiger partial charge in [-0.2, -0.15) is 4.98 Å². The fourth-order valence-corrected chi connectivity index (χ4v) is 6.51. The van der Waals surface area contributed by atoms with Crippen LogP contribution >= 0.6 is 39.3 Å². The van der Waals surface area contributed by atoms with Gasteiger partial charge in [-0.3, -0.25) is 0 Å². The second-order valence-corrected chi connectivity index (χ2v) is 14.3. The molecule has 0 saturated carbocycles. The predicted octanol–water partition coefficient (Wildman–Crippen LogP) is 9.49. The molecule has 45 heavy (non-hydrogen) atoms. The van der Waals surface area contributed by atoms with Crippen LogP contribution in [0.3, 0.4) is 0 Å². The van der Waals surface area contributed by atoms with Crippen molar-refractivity contribution in [2.24, 2.45) is 0 Å². The van der Waals surface area contributed by atoms with Gasteiger partial charge in [0, 0.05) is 26.5 Å². The number of carbonyl (C=O) groups excluding carboxylic acids is 1. The van der Waals surface area contributed by atoms with E-state index in [0.717, 1.165) is 34.0 Å². The molecule has 1 unspecified atom stereocenters. The maximum Gasteiger partial charge on any atom is 0.338 e. The van der Waals surface area contributed by atoms with Crippen molar-refractivity contribution >= 4 is 51.2 Å². The van der Waals surface area contributed by atoms with E-state index in [2.05, 4.69) is 73.2 Å². The summed E-state index contributed by atoms with van der Waals surface area (Å²) in [7, 11) is 0. The molecule has 1 aliphatic rings. The van der Waals surface area contributed by atoms with E-state index < -0.39 is 12.0 Å². The molecular formula is C35H38BrClN4O3S. The molecule has 0 radical (unpaired) electrons. The van der Waals surface area contributed by atoms with Crippen LogP contribution in [0.15, 0.2) is 87.6 Å². The van der Waals surface area contributed by atoms with Crippen LogP contribution in [0.5, 0.6) is 5.75 Å². The number of carbonyl (C=O) groups is 1. The van der Waals surface area contributed by atoms with Crippen LogP contribution in [0.25, 0.3) is 0 Å². The number of anilines is 1. The molecule has 0 bridgehead atoms. The molecule has 0 saturated heterocycles. The molecule has 1 atom stereocenters. The van der Waals surface area contributed by atoms with E-state index in [4.69, 9.17) is 31.2 Å². The smallest absolute Gasteiger partial charge is 0.338 e. The van der Waals surface area contributed by atoms with Crippen LogP contribution in [0.1, 0.15) is 75.8 Å². The number of hydrogen-bond acceptors (Lipinski definition) is 7. The Morgan fingerprint density at radius 1 is 1.11 bits per heavy atom. The zero-order valence-electron chi connectivity index (χ0n) is 26.2. The van der Waals surface area contributed by atoms with Gasteiger partial charge < -0.3 is 14.8 Å². The number of halogens is 2. The number of unbranched alkanes of at least 4 members (excludes halogenated alkanes) is 1. The second-order valence-electron chi connectivity index (χ2n) is 12.0. The molecule has 3 aromatic carbocycles. The lowest BCUT2D eigenvalue weighted by Crippen LogP contribution is -2.30. The fourth-order valence-electron chi connectivity index (χ4n) is 5.02. The molecule has 10 heteroatoms. The van der Waals surface area contributed by atoms with Gasteiger partial charge in [0.05, 0.1) is 12.2 Å². The maximum atomic E-state index is 13.7. The molecule has 4 aromatic rings. The molecule has 0 fully saturated rings. The van der Waals surface area contributed by atoms with Gasteiger partial charge in [0.2, 0.25) is 11.1 Å². The van der Waals surface area contributed by atoms with Gasteiger partial charge in [-0.1, -0.05) is 116 Å². The number of nitrogens with zero attached hydrogens (tertiary/aromatic N) is 3. The molecule has 1 aliphatic heterocycles. The molecule has 1 N–H and O–H groups in total. The van der Waals surface area contributed by atoms with Crippen molar-refractivity contribution in [1.82, 2.24) is 14.8 Å². The first kappa shape index (κ1) is 33.1. The first-order chi connectivity index (χ1) is 21.5. The number of ether oxygens (including phenoxy) is 2. The van der Waals surface area contributed by atoms with Crippen LogP contribution in [-0.2, 0) is 27.3 Å². The topological polar surface area (TPSA) is 78.3 Å². The molecule has 1 aromatic heterocycles. The Morgan fingerprint density at radius 3 is 2.58 bits per heavy atom. The summed E-state index contributed by atoms with van der Waals surface area (Å²) in [5, 5.41) is 9.45. The summed E-state index contributed by atoms with van der Waals surface area (Å²) in [5.74, 6) is 1.38. The normalized spacial score (nSPS) is 14.6. The number of hydrogen-bond donors (Lipinski definition) is 1. The summed E-state index contributed by atoms with van der Waals surface area (Å²) in [4.78, 5) is 18.5. The monoisotopic (exact) mass is 708 g/mol. The minimum absolute atomic E-state index is 0.0691. The fraction of sp³-hybridized carbons (Fsp3) is 0.343. The van der Waals surface area contributed by atoms with Crippen molar-refractivity contribution < 1.29 is 14.3 Å². The summed E-state index contributed by atoms with van der Waals surface area (Å²) in [6.45, 7) is 11.2. The molecular weight excluding hydrogens is 672 g/mol. The largest absolute Gasteiger partial charge is 0.489 e. The number of benzene rings is 3. The second kappa shape index (κ2) is 14.4. The third-order valence-corrected chi connectivity index (χ3v) is 9.33. The minimum atomic E-state index is -0.631. The van der Waals surface area contributed by atoms with Crippen molar-refractivity contribution in [1.29, 1.82) is 0 Å². The molecule has 5 rings (SSSR count). The number of allylic oxidation sites excluding steroid dienone is 1. The van der Waals surface area contributed by atoms with E-state index in [9.17, 15) is 4.79 Å². The van der Waals surface area contributed by atoms with Gasteiger partial charge in [0.25, 0.3) is 0 Å². The SMILES string of the molecule is CCCCOC(=O)C1=C(C)Nc2nc(SCc3ccccc3Cl)nn2C1c1cc(Br)ccc1OCc1ccc(C(C)(C)C)cc1. The van der Waals surface area contributed by atoms with Crippen LogP contribution in [0.2, 0.25) is 5.02 Å². The maximum absolute atomic E-state index is 13.7. The van der Waals surface area contributed by atoms with Gasteiger partial charge in [-0.25, -0.2) is 9.48 Å². The average Bonchev–Trinajstić information content (AvgIpc) is 3.41. The van der Waals surface area contributed by atoms with Gasteiger partial charge in [-0.05, 0) is 59.7 Å². The zero-order chi connectivity index (χ0) is 32.1. The quantitative estimate of drug-likeness (QED) is 0.0945. The van der Waals surface area contributed by atoms with Crippen LogP contribution < -0.4 is 10.1 Å². The van der Waals surface area contributed by atoms with E-state index in [-0.39, 0.29) is 5.41 Å². The predicted molar refractivity (Wildman–Crippen MR) is 185 cm³/mol. The van der Waals surface area contributed by atoms with E-state index in [1.165, 1.54) is 17.3 Å². The Bertz CT molecular complexity index is 1700. The van der Waals surface area contributed by atoms with E-state index in [1.807, 2.05) is 49.4 Å². The highest BCUT2D eigenvalue weighted by atomic mass is 79.9. The van der Waals surface area contributed by atoms with Gasteiger partial charge in [-0.15, -0.1) is 5.10 Å². The van der Waals surface area contributed by atoms with Crippen molar-refractivity contribution in [2.45, 2.75) is 76.4 Å². The average molecular weight is 710 g/mol. The molecule has 7 nitrogen and oxygen atoms in total. The Kier molecular flexibility index (Phi) is 10.6. The zero-order valence-corrected chi connectivity index (χ0v) is 29.4.